The first-order chi connectivity index (χ1) is 8.08. The van der Waals surface area contributed by atoms with E-state index in [0.29, 0.717) is 22.9 Å². The number of H-pyrrole nitrogens is 1. The lowest BCUT2D eigenvalue weighted by molar-refractivity contribution is 0.519. The molecule has 2 heterocycles. The fourth-order valence-corrected chi connectivity index (χ4v) is 1.35. The third kappa shape index (κ3) is 2.53. The van der Waals surface area contributed by atoms with Crippen LogP contribution in [0.5, 0.6) is 0 Å². The third-order valence-corrected chi connectivity index (χ3v) is 2.78. The molecule has 0 aromatic carbocycles. The van der Waals surface area contributed by atoms with Crippen LogP contribution in [0.3, 0.4) is 0 Å². The van der Waals surface area contributed by atoms with E-state index in [1.54, 1.807) is 6.33 Å². The molecule has 0 radical (unpaired) electrons. The van der Waals surface area contributed by atoms with Crippen molar-refractivity contribution in [1.82, 2.24) is 19.9 Å². The minimum atomic E-state index is 0.141. The van der Waals surface area contributed by atoms with E-state index in [4.69, 9.17) is 11.6 Å². The fourth-order valence-electron chi connectivity index (χ4n) is 1.18. The lowest BCUT2D eigenvalue weighted by Gasteiger charge is -2.01. The van der Waals surface area contributed by atoms with Crippen LogP contribution in [0.25, 0.3) is 16.0 Å². The van der Waals surface area contributed by atoms with Gasteiger partial charge in [-0.2, -0.15) is 9.83 Å². The molecule has 1 atom stereocenters. The molecule has 0 aliphatic heterocycles. The normalized spacial score (nSPS) is 12.5. The van der Waals surface area contributed by atoms with Crippen molar-refractivity contribution in [3.8, 4) is 6.07 Å². The predicted octanol–water partition coefficient (Wildman–Crippen LogP) is 3.26. The molecule has 1 N–H and O–H groups in total. The van der Waals surface area contributed by atoms with Gasteiger partial charge in [0.1, 0.15) is 0 Å². The molecule has 0 aliphatic carbocycles. The molecule has 0 saturated carbocycles. The quantitative estimate of drug-likeness (QED) is 0.791. The average Bonchev–Trinajstić information content (AvgIpc) is 2.72. The van der Waals surface area contributed by atoms with Gasteiger partial charge in [0.15, 0.2) is 17.2 Å². The van der Waals surface area contributed by atoms with Gasteiger partial charge >= 0.3 is 11.1 Å². The van der Waals surface area contributed by atoms with Crippen molar-refractivity contribution in [2.75, 3.05) is 0 Å². The summed E-state index contributed by atoms with van der Waals surface area (Å²) < 4.78 is 0. The second kappa shape index (κ2) is 4.68. The van der Waals surface area contributed by atoms with Crippen LogP contribution in [0.4, 0.5) is 5.82 Å². The lowest BCUT2D eigenvalue weighted by Crippen LogP contribution is -1.99. The summed E-state index contributed by atoms with van der Waals surface area (Å²) in [7, 11) is 0. The van der Waals surface area contributed by atoms with Crippen molar-refractivity contribution >= 4 is 28.6 Å². The molecule has 88 valence electrons. The molecule has 0 amide bonds. The Morgan fingerprint density at radius 2 is 2.12 bits per heavy atom. The summed E-state index contributed by atoms with van der Waals surface area (Å²) in [6.45, 7) is 6.29. The lowest BCUT2D eigenvalue weighted by atomic mass is 10.0. The zero-order valence-electron chi connectivity index (χ0n) is 9.90. The van der Waals surface area contributed by atoms with Crippen LogP contribution in [0, 0.1) is 17.9 Å². The van der Waals surface area contributed by atoms with E-state index >= 15 is 0 Å². The summed E-state index contributed by atoms with van der Waals surface area (Å²) in [6.07, 6.45) is 1.54. The van der Waals surface area contributed by atoms with Gasteiger partial charge in [-0.1, -0.05) is 13.8 Å². The molecule has 5 nitrogen and oxygen atoms in total. The van der Waals surface area contributed by atoms with Gasteiger partial charge in [0.05, 0.1) is 12.2 Å². The van der Waals surface area contributed by atoms with Crippen molar-refractivity contribution in [2.24, 2.45) is 11.8 Å². The number of imidazole rings is 1. The van der Waals surface area contributed by atoms with Crippen molar-refractivity contribution in [1.29, 1.82) is 0 Å². The Kier molecular flexibility index (Phi) is 3.25. The molecule has 0 spiro atoms. The number of aromatic nitrogens is 4. The summed E-state index contributed by atoms with van der Waals surface area (Å²) in [5.41, 5.74) is 1.20. The molecule has 2 rings (SSSR count). The molecule has 2 aromatic rings. The molecule has 0 bridgehead atoms. The van der Waals surface area contributed by atoms with Crippen molar-refractivity contribution < 1.29 is 0 Å². The maximum absolute atomic E-state index is 5.79. The van der Waals surface area contributed by atoms with Gasteiger partial charge in [-0.25, -0.2) is 4.98 Å². The number of hydrogen-bond acceptors (Lipinski definition) is 3. The Morgan fingerprint density at radius 3 is 2.82 bits per heavy atom. The van der Waals surface area contributed by atoms with Crippen LogP contribution in [0.2, 0.25) is 5.28 Å². The molecule has 0 saturated heterocycles. The van der Waals surface area contributed by atoms with Crippen LogP contribution in [-0.4, -0.2) is 19.9 Å². The monoisotopic (exact) mass is 250 g/mol. The highest BCUT2D eigenvalue weighted by Gasteiger charge is 2.18. The van der Waals surface area contributed by atoms with Crippen molar-refractivity contribution in [2.45, 2.75) is 20.8 Å². The first-order valence-corrected chi connectivity index (χ1v) is 5.78. The first-order valence-electron chi connectivity index (χ1n) is 5.41. The SMILES string of the molecule is CC(C)[C@@H](C)C#[N+]c1nc(Cl)nc2nc[nH]c12. The van der Waals surface area contributed by atoms with Gasteiger partial charge < -0.3 is 4.98 Å². The van der Waals surface area contributed by atoms with Crippen LogP contribution >= 0.6 is 11.6 Å². The highest BCUT2D eigenvalue weighted by atomic mass is 35.5. The largest absolute Gasteiger partial charge is 0.456 e. The average molecular weight is 251 g/mol. The molecule has 0 fully saturated rings. The van der Waals surface area contributed by atoms with Gasteiger partial charge in [0.25, 0.3) is 0 Å². The molecular formula is C11H13ClN5+. The van der Waals surface area contributed by atoms with E-state index in [2.05, 4.69) is 51.6 Å². The fraction of sp³-hybridized carbons (Fsp3) is 0.455. The maximum Gasteiger partial charge on any atom is 0.456 e. The van der Waals surface area contributed by atoms with E-state index in [9.17, 15) is 0 Å². The topological polar surface area (TPSA) is 58.8 Å². The molecule has 0 aliphatic rings. The van der Waals surface area contributed by atoms with Gasteiger partial charge in [-0.15, -0.1) is 0 Å². The molecule has 6 heteroatoms. The Morgan fingerprint density at radius 1 is 1.35 bits per heavy atom. The van der Waals surface area contributed by atoms with Crippen molar-refractivity contribution in [3.63, 3.8) is 0 Å². The number of nitrogens with one attached hydrogen (secondary N) is 1. The highest BCUT2D eigenvalue weighted by Crippen LogP contribution is 2.22. The van der Waals surface area contributed by atoms with Crippen molar-refractivity contribution in [3.05, 3.63) is 16.5 Å². The van der Waals surface area contributed by atoms with E-state index in [0.717, 1.165) is 0 Å². The number of fused-ring (bicyclic) bond motifs is 1. The van der Waals surface area contributed by atoms with Gasteiger partial charge in [0.2, 0.25) is 0 Å². The Hall–Kier alpha value is -1.67. The van der Waals surface area contributed by atoms with Crippen LogP contribution < -0.4 is 0 Å². The second-order valence-corrected chi connectivity index (χ2v) is 4.53. The Bertz CT molecular complexity index is 593. The minimum Gasteiger partial charge on any atom is -0.335 e. The van der Waals surface area contributed by atoms with Crippen LogP contribution in [0.1, 0.15) is 20.8 Å². The number of nitrogens with zero attached hydrogens (tertiary/aromatic N) is 4. The Labute approximate surface area is 104 Å². The smallest absolute Gasteiger partial charge is 0.335 e. The minimum absolute atomic E-state index is 0.141. The van der Waals surface area contributed by atoms with Gasteiger partial charge in [-0.3, -0.25) is 0 Å². The standard InChI is InChI=1S/C11H13ClN5/c1-6(2)7(3)4-13-9-8-10(15-5-14-8)17-11(12)16-9/h5-7H,1-3H3,(H,14,15,16,17)/q+1/t7-/m0/s1. The number of rotatable bonds is 1. The predicted molar refractivity (Wildman–Crippen MR) is 67.6 cm³/mol. The zero-order chi connectivity index (χ0) is 12.4. The number of aromatic amines is 1. The van der Waals surface area contributed by atoms with E-state index in [1.165, 1.54) is 0 Å². The number of halogens is 1. The second-order valence-electron chi connectivity index (χ2n) is 4.19. The summed E-state index contributed by atoms with van der Waals surface area (Å²) in [5.74, 6) is 1.21. The summed E-state index contributed by atoms with van der Waals surface area (Å²) in [6, 6.07) is 3.04. The number of hydrogen-bond donors (Lipinski definition) is 1. The Balaban J connectivity index is 2.44. The van der Waals surface area contributed by atoms with Gasteiger partial charge in [-0.05, 0) is 24.4 Å². The molecular weight excluding hydrogens is 238 g/mol. The first kappa shape index (κ1) is 11.8. The maximum atomic E-state index is 5.79. The summed E-state index contributed by atoms with van der Waals surface area (Å²) in [4.78, 5) is 19.2. The third-order valence-electron chi connectivity index (χ3n) is 2.61. The zero-order valence-corrected chi connectivity index (χ0v) is 10.7. The van der Waals surface area contributed by atoms with E-state index < -0.39 is 0 Å². The molecule has 17 heavy (non-hydrogen) atoms. The summed E-state index contributed by atoms with van der Waals surface area (Å²) >= 11 is 5.79. The van der Waals surface area contributed by atoms with Gasteiger partial charge in [0, 0.05) is 4.98 Å². The highest BCUT2D eigenvalue weighted by molar-refractivity contribution is 6.28. The van der Waals surface area contributed by atoms with Crippen LogP contribution in [0.15, 0.2) is 6.33 Å². The van der Waals surface area contributed by atoms with Crippen LogP contribution in [-0.2, 0) is 0 Å². The van der Waals surface area contributed by atoms with E-state index in [1.807, 2.05) is 0 Å². The summed E-state index contributed by atoms with van der Waals surface area (Å²) in [5, 5.41) is 0.141. The van der Waals surface area contributed by atoms with E-state index in [-0.39, 0.29) is 11.2 Å². The molecule has 2 aromatic heterocycles. The molecule has 0 unspecified atom stereocenters.